The molecular weight excluding hydrogens is 550 g/mol. The normalized spacial score (nSPS) is 22.0. The highest BCUT2D eigenvalue weighted by Crippen LogP contribution is 2.35. The largest absolute Gasteiger partial charge is 0.463 e. The summed E-state index contributed by atoms with van der Waals surface area (Å²) >= 11 is 0. The molecule has 0 bridgehead atoms. The van der Waals surface area contributed by atoms with Crippen molar-refractivity contribution in [3.05, 3.63) is 66.4 Å². The van der Waals surface area contributed by atoms with E-state index in [1.54, 1.807) is 4.90 Å². The number of carbonyl (C=O) groups is 1. The number of fused-ring (bicyclic) bond motifs is 2. The molecule has 0 radical (unpaired) electrons. The quantitative estimate of drug-likeness (QED) is 0.344. The van der Waals surface area contributed by atoms with E-state index in [-0.39, 0.29) is 18.4 Å². The molecule has 2 aliphatic heterocycles. The van der Waals surface area contributed by atoms with Crippen LogP contribution in [0.4, 0.5) is 11.5 Å². The van der Waals surface area contributed by atoms with Crippen LogP contribution in [-0.4, -0.2) is 84.6 Å². The van der Waals surface area contributed by atoms with Crippen molar-refractivity contribution in [3.8, 4) is 12.1 Å². The first-order valence-corrected chi connectivity index (χ1v) is 15.9. The van der Waals surface area contributed by atoms with Crippen LogP contribution in [0, 0.1) is 17.2 Å². The fraction of sp³-hybridized carbons (Fsp3) is 0.486. The highest BCUT2D eigenvalue weighted by atomic mass is 16.5. The van der Waals surface area contributed by atoms with Crippen molar-refractivity contribution in [1.29, 1.82) is 5.26 Å². The second-order valence-corrected chi connectivity index (χ2v) is 12.5. The number of hydrogen-bond acceptors (Lipinski definition) is 8. The van der Waals surface area contributed by atoms with Crippen molar-refractivity contribution in [1.82, 2.24) is 19.8 Å². The van der Waals surface area contributed by atoms with Gasteiger partial charge in [-0.15, -0.1) is 0 Å². The molecule has 9 heteroatoms. The van der Waals surface area contributed by atoms with E-state index in [4.69, 9.17) is 14.7 Å². The molecule has 1 saturated heterocycles. The van der Waals surface area contributed by atoms with E-state index in [0.717, 1.165) is 36.5 Å². The maximum atomic E-state index is 12.6. The third-order valence-corrected chi connectivity index (χ3v) is 9.66. The predicted molar refractivity (Wildman–Crippen MR) is 174 cm³/mol. The van der Waals surface area contributed by atoms with Crippen molar-refractivity contribution in [2.75, 3.05) is 56.7 Å². The lowest BCUT2D eigenvalue weighted by molar-refractivity contribution is -0.128. The third kappa shape index (κ3) is 6.09. The van der Waals surface area contributed by atoms with E-state index in [2.05, 4.69) is 83.9 Å². The van der Waals surface area contributed by atoms with Gasteiger partial charge in [0.1, 0.15) is 5.82 Å². The SMILES string of the molecule is C=CC(=O)N1CCN(c2nc(OCC3CCCCC3N(C)C)nc3c2CCN(c2cccc4ccccc24)C3)CC1CC#N. The standard InChI is InChI=1S/C35H43N7O2/c1-4-33(43)42-21-20-41(22-27(42)16-18-36)34-29-17-19-40(32-15-9-12-25-10-5-7-13-28(25)32)23-30(29)37-35(38-34)44-24-26-11-6-8-14-31(26)39(2)3/h4-5,7,9-10,12-13,15,26-27,31H,1,6,8,11,14,16-17,19-24H2,2-3H3. The number of amides is 1. The van der Waals surface area contributed by atoms with Crippen LogP contribution in [0.5, 0.6) is 6.01 Å². The molecule has 44 heavy (non-hydrogen) atoms. The minimum atomic E-state index is -0.229. The van der Waals surface area contributed by atoms with Gasteiger partial charge in [-0.1, -0.05) is 55.8 Å². The summed E-state index contributed by atoms with van der Waals surface area (Å²) in [6, 6.07) is 17.9. The molecule has 2 aromatic carbocycles. The smallest absolute Gasteiger partial charge is 0.318 e. The second-order valence-electron chi connectivity index (χ2n) is 12.5. The molecule has 0 N–H and O–H groups in total. The summed E-state index contributed by atoms with van der Waals surface area (Å²) in [6.07, 6.45) is 7.21. The van der Waals surface area contributed by atoms with Crippen molar-refractivity contribution in [2.24, 2.45) is 5.92 Å². The summed E-state index contributed by atoms with van der Waals surface area (Å²) < 4.78 is 6.46. The Hall–Kier alpha value is -4.16. The second kappa shape index (κ2) is 13.2. The molecule has 230 valence electrons. The molecule has 2 fully saturated rings. The van der Waals surface area contributed by atoms with Crippen molar-refractivity contribution in [2.45, 2.75) is 57.2 Å². The lowest BCUT2D eigenvalue weighted by Crippen LogP contribution is -2.55. The van der Waals surface area contributed by atoms with Crippen LogP contribution in [0.2, 0.25) is 0 Å². The van der Waals surface area contributed by atoms with Gasteiger partial charge in [0, 0.05) is 54.8 Å². The number of nitriles is 1. The van der Waals surface area contributed by atoms with Gasteiger partial charge in [-0.25, -0.2) is 0 Å². The molecule has 1 amide bonds. The average molecular weight is 594 g/mol. The number of benzene rings is 2. The van der Waals surface area contributed by atoms with E-state index < -0.39 is 0 Å². The summed E-state index contributed by atoms with van der Waals surface area (Å²) in [5.74, 6) is 1.18. The first-order valence-electron chi connectivity index (χ1n) is 15.9. The number of anilines is 2. The van der Waals surface area contributed by atoms with Crippen molar-refractivity contribution < 1.29 is 9.53 Å². The highest BCUT2D eigenvalue weighted by molar-refractivity contribution is 5.94. The van der Waals surface area contributed by atoms with E-state index in [0.29, 0.717) is 50.8 Å². The predicted octanol–water partition coefficient (Wildman–Crippen LogP) is 4.81. The Labute approximate surface area is 260 Å². The van der Waals surface area contributed by atoms with Crippen LogP contribution < -0.4 is 14.5 Å². The Morgan fingerprint density at radius 1 is 1.09 bits per heavy atom. The van der Waals surface area contributed by atoms with Crippen LogP contribution in [0.15, 0.2) is 55.1 Å². The van der Waals surface area contributed by atoms with Crippen LogP contribution in [0.3, 0.4) is 0 Å². The Balaban J connectivity index is 1.32. The molecule has 1 aliphatic carbocycles. The van der Waals surface area contributed by atoms with Gasteiger partial charge in [0.05, 0.1) is 37.4 Å². The van der Waals surface area contributed by atoms with Gasteiger partial charge < -0.3 is 24.3 Å². The molecule has 6 rings (SSSR count). The fourth-order valence-corrected chi connectivity index (χ4v) is 7.38. The zero-order chi connectivity index (χ0) is 30.6. The summed E-state index contributed by atoms with van der Waals surface area (Å²) in [6.45, 7) is 7.45. The fourth-order valence-electron chi connectivity index (χ4n) is 7.38. The van der Waals surface area contributed by atoms with Gasteiger partial charge in [0.25, 0.3) is 0 Å². The van der Waals surface area contributed by atoms with E-state index in [1.807, 2.05) is 0 Å². The zero-order valence-corrected chi connectivity index (χ0v) is 26.0. The van der Waals surface area contributed by atoms with Gasteiger partial charge in [0.15, 0.2) is 0 Å². The number of aromatic nitrogens is 2. The van der Waals surface area contributed by atoms with Crippen LogP contribution in [0.25, 0.3) is 10.8 Å². The third-order valence-electron chi connectivity index (χ3n) is 9.66. The molecule has 9 nitrogen and oxygen atoms in total. The van der Waals surface area contributed by atoms with Gasteiger partial charge in [-0.2, -0.15) is 15.2 Å². The highest BCUT2D eigenvalue weighted by Gasteiger charge is 2.34. The molecule has 1 aromatic heterocycles. The number of ether oxygens (including phenoxy) is 1. The number of rotatable bonds is 8. The maximum Gasteiger partial charge on any atom is 0.318 e. The van der Waals surface area contributed by atoms with Gasteiger partial charge in [-0.3, -0.25) is 4.79 Å². The average Bonchev–Trinajstić information content (AvgIpc) is 3.06. The first-order chi connectivity index (χ1) is 21.5. The van der Waals surface area contributed by atoms with Gasteiger partial charge in [-0.05, 0) is 50.9 Å². The molecule has 3 aliphatic rings. The van der Waals surface area contributed by atoms with Gasteiger partial charge >= 0.3 is 6.01 Å². The van der Waals surface area contributed by atoms with Gasteiger partial charge in [0.2, 0.25) is 5.91 Å². The number of piperazine rings is 1. The van der Waals surface area contributed by atoms with Crippen LogP contribution >= 0.6 is 0 Å². The monoisotopic (exact) mass is 593 g/mol. The van der Waals surface area contributed by atoms with E-state index in [9.17, 15) is 10.1 Å². The Morgan fingerprint density at radius 3 is 2.73 bits per heavy atom. The minimum Gasteiger partial charge on any atom is -0.463 e. The summed E-state index contributed by atoms with van der Waals surface area (Å²) in [4.78, 5) is 31.4. The lowest BCUT2D eigenvalue weighted by Gasteiger charge is -2.42. The molecule has 1 saturated carbocycles. The lowest BCUT2D eigenvalue weighted by atomic mass is 9.84. The maximum absolute atomic E-state index is 12.6. The molecule has 3 heterocycles. The molecular formula is C35H43N7O2. The molecule has 3 unspecified atom stereocenters. The first kappa shape index (κ1) is 29.9. The minimum absolute atomic E-state index is 0.132. The summed E-state index contributed by atoms with van der Waals surface area (Å²) in [5.41, 5.74) is 3.33. The van der Waals surface area contributed by atoms with Crippen molar-refractivity contribution in [3.63, 3.8) is 0 Å². The zero-order valence-electron chi connectivity index (χ0n) is 26.0. The Kier molecular flexibility index (Phi) is 8.99. The number of hydrogen-bond donors (Lipinski definition) is 0. The Bertz CT molecular complexity index is 1540. The van der Waals surface area contributed by atoms with Crippen molar-refractivity contribution >= 4 is 28.2 Å². The topological polar surface area (TPSA) is 88.8 Å². The molecule has 3 aromatic rings. The van der Waals surface area contributed by atoms with E-state index >= 15 is 0 Å². The summed E-state index contributed by atoms with van der Waals surface area (Å²) in [5, 5.41) is 12.0. The van der Waals surface area contributed by atoms with Crippen LogP contribution in [-0.2, 0) is 17.8 Å². The molecule has 3 atom stereocenters. The number of carbonyl (C=O) groups excluding carboxylic acids is 1. The Morgan fingerprint density at radius 2 is 1.91 bits per heavy atom. The summed E-state index contributed by atoms with van der Waals surface area (Å²) in [7, 11) is 4.32. The van der Waals surface area contributed by atoms with E-state index in [1.165, 1.54) is 41.8 Å². The number of nitrogens with zero attached hydrogens (tertiary/aromatic N) is 7. The van der Waals surface area contributed by atoms with Crippen LogP contribution in [0.1, 0.15) is 43.4 Å². The molecule has 0 spiro atoms.